The normalized spacial score (nSPS) is 12.1. The first-order valence-electron chi connectivity index (χ1n) is 7.76. The summed E-state index contributed by atoms with van der Waals surface area (Å²) >= 11 is 0. The number of rotatable bonds is 3. The van der Waals surface area contributed by atoms with Crippen molar-refractivity contribution in [1.82, 2.24) is 10.3 Å². The molecule has 25 heavy (non-hydrogen) atoms. The Morgan fingerprint density at radius 2 is 1.88 bits per heavy atom. The van der Waals surface area contributed by atoms with Crippen LogP contribution in [0, 0.1) is 0 Å². The minimum absolute atomic E-state index is 0.00463. The fraction of sp³-hybridized carbons (Fsp3) is 0.0526. The molecule has 0 atom stereocenters. The summed E-state index contributed by atoms with van der Waals surface area (Å²) in [7, 11) is 0. The maximum atomic E-state index is 11.4. The van der Waals surface area contributed by atoms with E-state index < -0.39 is 5.91 Å². The van der Waals surface area contributed by atoms with E-state index in [1.165, 1.54) is 6.08 Å². The van der Waals surface area contributed by atoms with Gasteiger partial charge in [0.05, 0.1) is 11.1 Å². The van der Waals surface area contributed by atoms with Crippen LogP contribution in [-0.4, -0.2) is 16.8 Å². The van der Waals surface area contributed by atoms with E-state index in [-0.39, 0.29) is 5.91 Å². The van der Waals surface area contributed by atoms with Crippen molar-refractivity contribution in [2.45, 2.75) is 6.54 Å². The molecule has 1 aliphatic rings. The van der Waals surface area contributed by atoms with Gasteiger partial charge in [0.1, 0.15) is 0 Å². The lowest BCUT2D eigenvalue weighted by atomic mass is 9.97. The third-order valence-corrected chi connectivity index (χ3v) is 3.92. The van der Waals surface area contributed by atoms with Gasteiger partial charge in [0.15, 0.2) is 0 Å². The molecular formula is C19H18N4O2. The predicted molar refractivity (Wildman–Crippen MR) is 97.4 cm³/mol. The van der Waals surface area contributed by atoms with Gasteiger partial charge in [0, 0.05) is 30.4 Å². The van der Waals surface area contributed by atoms with Gasteiger partial charge in [-0.1, -0.05) is 24.3 Å². The molecule has 1 aromatic heterocycles. The molecule has 2 heterocycles. The molecule has 0 bridgehead atoms. The number of hydrogen-bond donors (Lipinski definition) is 4. The molecule has 0 unspecified atom stereocenters. The number of fused-ring (bicyclic) bond motifs is 1. The van der Waals surface area contributed by atoms with Crippen LogP contribution in [0.3, 0.4) is 0 Å². The standard InChI is InChI=1S/C16H15N3O.C3H3NO/c17-9-10-2-1-3-11(8-10)12-4-5-14(16(18)20)15-13(12)6-7-19-15;5-3-1-2-4-3/h1-8,19H,9,17H2,(H2,18,20);1-2H,(H,4,5). The lowest BCUT2D eigenvalue weighted by Crippen LogP contribution is -2.22. The van der Waals surface area contributed by atoms with Crippen molar-refractivity contribution in [2.75, 3.05) is 0 Å². The van der Waals surface area contributed by atoms with Gasteiger partial charge >= 0.3 is 0 Å². The van der Waals surface area contributed by atoms with Crippen LogP contribution in [-0.2, 0) is 11.3 Å². The number of carbonyl (C=O) groups is 2. The molecule has 126 valence electrons. The van der Waals surface area contributed by atoms with Crippen molar-refractivity contribution in [1.29, 1.82) is 0 Å². The van der Waals surface area contributed by atoms with Crippen LogP contribution in [0.25, 0.3) is 22.0 Å². The number of benzene rings is 2. The zero-order valence-corrected chi connectivity index (χ0v) is 13.5. The largest absolute Gasteiger partial charge is 0.366 e. The molecule has 0 saturated carbocycles. The fourth-order valence-electron chi connectivity index (χ4n) is 2.63. The van der Waals surface area contributed by atoms with Crippen LogP contribution in [0.1, 0.15) is 15.9 Å². The van der Waals surface area contributed by atoms with Gasteiger partial charge in [0.25, 0.3) is 5.91 Å². The van der Waals surface area contributed by atoms with E-state index in [2.05, 4.69) is 16.4 Å². The number of aromatic nitrogens is 1. The average Bonchev–Trinajstić information content (AvgIpc) is 3.09. The van der Waals surface area contributed by atoms with E-state index in [0.717, 1.165) is 27.6 Å². The van der Waals surface area contributed by atoms with Gasteiger partial charge in [-0.05, 0) is 34.9 Å². The first-order valence-corrected chi connectivity index (χ1v) is 7.76. The molecule has 6 N–H and O–H groups in total. The summed E-state index contributed by atoms with van der Waals surface area (Å²) in [6.45, 7) is 0.503. The van der Waals surface area contributed by atoms with Crippen LogP contribution in [0.4, 0.5) is 0 Å². The smallest absolute Gasteiger partial charge is 0.250 e. The quantitative estimate of drug-likeness (QED) is 0.587. The molecule has 0 fully saturated rings. The molecule has 2 amide bonds. The number of nitrogens with two attached hydrogens (primary N) is 2. The Morgan fingerprint density at radius 1 is 1.12 bits per heavy atom. The molecule has 0 spiro atoms. The van der Waals surface area contributed by atoms with Crippen molar-refractivity contribution in [3.05, 3.63) is 72.1 Å². The summed E-state index contributed by atoms with van der Waals surface area (Å²) in [5.41, 5.74) is 15.6. The fourth-order valence-corrected chi connectivity index (χ4v) is 2.63. The molecule has 6 nitrogen and oxygen atoms in total. The number of carbonyl (C=O) groups excluding carboxylic acids is 2. The van der Waals surface area contributed by atoms with Crippen molar-refractivity contribution in [3.8, 4) is 11.1 Å². The van der Waals surface area contributed by atoms with Crippen molar-refractivity contribution < 1.29 is 9.59 Å². The number of hydrogen-bond acceptors (Lipinski definition) is 3. The van der Waals surface area contributed by atoms with E-state index in [4.69, 9.17) is 11.5 Å². The highest BCUT2D eigenvalue weighted by Gasteiger charge is 2.12. The first kappa shape index (κ1) is 16.5. The number of amides is 2. The van der Waals surface area contributed by atoms with E-state index in [9.17, 15) is 9.59 Å². The van der Waals surface area contributed by atoms with Crippen molar-refractivity contribution >= 4 is 22.7 Å². The highest BCUT2D eigenvalue weighted by molar-refractivity contribution is 6.09. The summed E-state index contributed by atoms with van der Waals surface area (Å²) in [5.74, 6) is -0.426. The highest BCUT2D eigenvalue weighted by atomic mass is 16.2. The van der Waals surface area contributed by atoms with E-state index in [1.807, 2.05) is 36.5 Å². The number of primary amides is 1. The van der Waals surface area contributed by atoms with Crippen LogP contribution in [0.15, 0.2) is 60.9 Å². The molecule has 1 aliphatic heterocycles. The van der Waals surface area contributed by atoms with E-state index in [0.29, 0.717) is 12.1 Å². The third kappa shape index (κ3) is 3.44. The summed E-state index contributed by atoms with van der Waals surface area (Å²) < 4.78 is 0. The zero-order chi connectivity index (χ0) is 17.8. The number of aromatic amines is 1. The summed E-state index contributed by atoms with van der Waals surface area (Å²) in [6, 6.07) is 13.7. The maximum Gasteiger partial charge on any atom is 0.250 e. The van der Waals surface area contributed by atoms with Crippen molar-refractivity contribution in [3.63, 3.8) is 0 Å². The van der Waals surface area contributed by atoms with Gasteiger partial charge in [-0.3, -0.25) is 9.59 Å². The van der Waals surface area contributed by atoms with Gasteiger partial charge < -0.3 is 21.8 Å². The minimum atomic E-state index is -0.431. The second-order valence-electron chi connectivity index (χ2n) is 5.54. The molecule has 0 radical (unpaired) electrons. The Kier molecular flexibility index (Phi) is 4.63. The Labute approximate surface area is 144 Å². The highest BCUT2D eigenvalue weighted by Crippen LogP contribution is 2.30. The van der Waals surface area contributed by atoms with E-state index >= 15 is 0 Å². The van der Waals surface area contributed by atoms with Crippen LogP contribution in [0.5, 0.6) is 0 Å². The SMILES string of the molecule is NCc1cccc(-c2ccc(C(N)=O)c3[nH]ccc23)c1.O=C1C=CN1. The van der Waals surface area contributed by atoms with Crippen LogP contribution < -0.4 is 16.8 Å². The minimum Gasteiger partial charge on any atom is -0.366 e. The Hall–Kier alpha value is -3.38. The summed E-state index contributed by atoms with van der Waals surface area (Å²) in [5, 5.41) is 3.37. The van der Waals surface area contributed by atoms with Gasteiger partial charge in [-0.2, -0.15) is 0 Å². The molecule has 4 rings (SSSR count). The van der Waals surface area contributed by atoms with Crippen LogP contribution in [0.2, 0.25) is 0 Å². The summed E-state index contributed by atoms with van der Waals surface area (Å²) in [6.07, 6.45) is 4.88. The Balaban J connectivity index is 0.000000314. The van der Waals surface area contributed by atoms with Crippen molar-refractivity contribution in [2.24, 2.45) is 11.5 Å². The zero-order valence-electron chi connectivity index (χ0n) is 13.5. The lowest BCUT2D eigenvalue weighted by molar-refractivity contribution is -0.117. The van der Waals surface area contributed by atoms with E-state index in [1.54, 1.807) is 12.3 Å². The van der Waals surface area contributed by atoms with Gasteiger partial charge in [-0.25, -0.2) is 0 Å². The Morgan fingerprint density at radius 3 is 2.48 bits per heavy atom. The van der Waals surface area contributed by atoms with Crippen LogP contribution >= 0.6 is 0 Å². The molecular weight excluding hydrogens is 316 g/mol. The Bertz CT molecular complexity index is 972. The molecule has 0 saturated heterocycles. The molecule has 2 aromatic carbocycles. The van der Waals surface area contributed by atoms with Gasteiger partial charge in [0.2, 0.25) is 5.91 Å². The third-order valence-electron chi connectivity index (χ3n) is 3.92. The van der Waals surface area contributed by atoms with Gasteiger partial charge in [-0.15, -0.1) is 0 Å². The molecule has 3 aromatic rings. The predicted octanol–water partition coefficient (Wildman–Crippen LogP) is 2.02. The number of H-pyrrole nitrogens is 1. The second kappa shape index (κ2) is 7.02. The maximum absolute atomic E-state index is 11.4. The molecule has 0 aliphatic carbocycles. The monoisotopic (exact) mass is 334 g/mol. The topological polar surface area (TPSA) is 114 Å². The average molecular weight is 334 g/mol. The second-order valence-corrected chi connectivity index (χ2v) is 5.54. The number of nitrogens with one attached hydrogen (secondary N) is 2. The first-order chi connectivity index (χ1) is 12.1. The summed E-state index contributed by atoms with van der Waals surface area (Å²) in [4.78, 5) is 24.2. The lowest BCUT2D eigenvalue weighted by Gasteiger charge is -2.08. The molecule has 6 heteroatoms.